The number of rotatable bonds is 5. The van der Waals surface area contributed by atoms with E-state index in [0.29, 0.717) is 23.2 Å². The number of nitrogens with one attached hydrogen (secondary N) is 2. The first-order chi connectivity index (χ1) is 12.2. The van der Waals surface area contributed by atoms with Gasteiger partial charge in [-0.25, -0.2) is 4.39 Å². The smallest absolute Gasteiger partial charge is 0.187 e. The van der Waals surface area contributed by atoms with Crippen molar-refractivity contribution in [2.24, 2.45) is 5.10 Å². The summed E-state index contributed by atoms with van der Waals surface area (Å²) in [5, 5.41) is 7.53. The van der Waals surface area contributed by atoms with Gasteiger partial charge in [-0.2, -0.15) is 5.10 Å². The normalized spacial score (nSPS) is 10.8. The Morgan fingerprint density at radius 2 is 1.80 bits per heavy atom. The molecule has 2 aromatic carbocycles. The highest BCUT2D eigenvalue weighted by atomic mass is 32.1. The van der Waals surface area contributed by atoms with Crippen LogP contribution in [0.15, 0.2) is 76.2 Å². The van der Waals surface area contributed by atoms with Crippen molar-refractivity contribution in [1.82, 2.24) is 10.7 Å². The van der Waals surface area contributed by atoms with Gasteiger partial charge in [-0.15, -0.1) is 0 Å². The number of thiocarbonyl (C=S) groups is 1. The predicted octanol–water partition coefficient (Wildman–Crippen LogP) is 4.08. The number of benzene rings is 2. The van der Waals surface area contributed by atoms with Gasteiger partial charge in [-0.3, -0.25) is 5.43 Å². The number of hydrazone groups is 1. The fourth-order valence-electron chi connectivity index (χ4n) is 2.16. The summed E-state index contributed by atoms with van der Waals surface area (Å²) in [6, 6.07) is 19.6. The minimum atomic E-state index is -0.280. The van der Waals surface area contributed by atoms with E-state index in [1.54, 1.807) is 24.3 Å². The van der Waals surface area contributed by atoms with Crippen molar-refractivity contribution in [3.8, 4) is 11.3 Å². The van der Waals surface area contributed by atoms with Crippen LogP contribution in [0.5, 0.6) is 0 Å². The number of hydrogen-bond acceptors (Lipinski definition) is 3. The maximum Gasteiger partial charge on any atom is 0.187 e. The molecule has 6 heteroatoms. The van der Waals surface area contributed by atoms with Gasteiger partial charge in [-0.05, 0) is 54.2 Å². The lowest BCUT2D eigenvalue weighted by molar-refractivity contribution is 0.574. The van der Waals surface area contributed by atoms with E-state index in [2.05, 4.69) is 15.8 Å². The molecule has 0 aliphatic rings. The standard InChI is InChI=1S/C19H16FN3OS/c20-16-8-6-15(7-9-16)18-11-10-17(24-18)13-22-23-19(25)21-12-14-4-2-1-3-5-14/h1-11,13H,12H2,(H2,21,23,25)/b22-13+. The van der Waals surface area contributed by atoms with Crippen molar-refractivity contribution in [2.45, 2.75) is 6.54 Å². The van der Waals surface area contributed by atoms with E-state index in [4.69, 9.17) is 16.6 Å². The third-order valence-corrected chi connectivity index (χ3v) is 3.64. The fraction of sp³-hybridized carbons (Fsp3) is 0.0526. The first-order valence-electron chi connectivity index (χ1n) is 7.67. The Morgan fingerprint density at radius 3 is 2.56 bits per heavy atom. The summed E-state index contributed by atoms with van der Waals surface area (Å²) in [6.45, 7) is 0.623. The topological polar surface area (TPSA) is 49.6 Å². The second kappa shape index (κ2) is 8.21. The van der Waals surface area contributed by atoms with Crippen LogP contribution in [0.2, 0.25) is 0 Å². The summed E-state index contributed by atoms with van der Waals surface area (Å²) >= 11 is 5.16. The number of furan rings is 1. The first-order valence-corrected chi connectivity index (χ1v) is 8.08. The Labute approximate surface area is 150 Å². The lowest BCUT2D eigenvalue weighted by atomic mass is 10.2. The molecular formula is C19H16FN3OS. The molecule has 25 heavy (non-hydrogen) atoms. The van der Waals surface area contributed by atoms with Gasteiger partial charge in [0.1, 0.15) is 17.3 Å². The maximum atomic E-state index is 12.9. The highest BCUT2D eigenvalue weighted by Crippen LogP contribution is 2.21. The monoisotopic (exact) mass is 353 g/mol. The van der Waals surface area contributed by atoms with E-state index in [0.717, 1.165) is 11.1 Å². The van der Waals surface area contributed by atoms with Gasteiger partial charge in [0.25, 0.3) is 0 Å². The van der Waals surface area contributed by atoms with Crippen LogP contribution in [-0.4, -0.2) is 11.3 Å². The Hall–Kier alpha value is -2.99. The van der Waals surface area contributed by atoms with E-state index >= 15 is 0 Å². The van der Waals surface area contributed by atoms with E-state index < -0.39 is 0 Å². The Balaban J connectivity index is 1.50. The fourth-order valence-corrected chi connectivity index (χ4v) is 2.29. The first kappa shape index (κ1) is 16.9. The molecule has 1 aromatic heterocycles. The van der Waals surface area contributed by atoms with Gasteiger partial charge >= 0.3 is 0 Å². The maximum absolute atomic E-state index is 12.9. The van der Waals surface area contributed by atoms with Crippen molar-refractivity contribution in [3.63, 3.8) is 0 Å². The molecule has 0 aliphatic carbocycles. The van der Waals surface area contributed by atoms with Crippen LogP contribution in [0.3, 0.4) is 0 Å². The minimum absolute atomic E-state index is 0.280. The number of nitrogens with zero attached hydrogens (tertiary/aromatic N) is 1. The summed E-state index contributed by atoms with van der Waals surface area (Å²) < 4.78 is 18.6. The average Bonchev–Trinajstić information content (AvgIpc) is 3.10. The van der Waals surface area contributed by atoms with E-state index in [1.165, 1.54) is 18.3 Å². The summed E-state index contributed by atoms with van der Waals surface area (Å²) in [5.74, 6) is 0.932. The molecule has 1 heterocycles. The van der Waals surface area contributed by atoms with Crippen molar-refractivity contribution >= 4 is 23.5 Å². The molecule has 0 unspecified atom stereocenters. The lowest BCUT2D eigenvalue weighted by Crippen LogP contribution is -2.31. The van der Waals surface area contributed by atoms with Crippen LogP contribution >= 0.6 is 12.2 Å². The molecule has 0 spiro atoms. The second-order valence-corrected chi connectivity index (χ2v) is 5.66. The molecule has 4 nitrogen and oxygen atoms in total. The van der Waals surface area contributed by atoms with Crippen molar-refractivity contribution in [1.29, 1.82) is 0 Å². The van der Waals surface area contributed by atoms with Crippen LogP contribution in [0, 0.1) is 5.82 Å². The molecule has 0 saturated carbocycles. The third kappa shape index (κ3) is 4.99. The Morgan fingerprint density at radius 1 is 1.04 bits per heavy atom. The molecule has 0 bridgehead atoms. The van der Waals surface area contributed by atoms with Crippen molar-refractivity contribution in [2.75, 3.05) is 0 Å². The summed E-state index contributed by atoms with van der Waals surface area (Å²) in [6.07, 6.45) is 1.53. The van der Waals surface area contributed by atoms with E-state index in [9.17, 15) is 4.39 Å². The molecule has 0 fully saturated rings. The summed E-state index contributed by atoms with van der Waals surface area (Å²) in [4.78, 5) is 0. The van der Waals surface area contributed by atoms with Gasteiger partial charge < -0.3 is 9.73 Å². The minimum Gasteiger partial charge on any atom is -0.455 e. The molecule has 3 rings (SSSR count). The molecule has 2 N–H and O–H groups in total. The molecule has 0 amide bonds. The van der Waals surface area contributed by atoms with Crippen LogP contribution in [0.1, 0.15) is 11.3 Å². The Kier molecular flexibility index (Phi) is 5.53. The molecule has 126 valence electrons. The van der Waals surface area contributed by atoms with Crippen LogP contribution in [-0.2, 0) is 6.54 Å². The molecule has 0 aliphatic heterocycles. The summed E-state index contributed by atoms with van der Waals surface area (Å²) in [5.41, 5.74) is 4.67. The molecule has 0 saturated heterocycles. The number of hydrogen-bond donors (Lipinski definition) is 2. The van der Waals surface area contributed by atoms with Gasteiger partial charge in [0.05, 0.1) is 6.21 Å². The van der Waals surface area contributed by atoms with Crippen LogP contribution in [0.4, 0.5) is 4.39 Å². The van der Waals surface area contributed by atoms with Gasteiger partial charge in [0, 0.05) is 12.1 Å². The molecule has 3 aromatic rings. The van der Waals surface area contributed by atoms with E-state index in [-0.39, 0.29) is 5.82 Å². The van der Waals surface area contributed by atoms with E-state index in [1.807, 2.05) is 30.3 Å². The molecular weight excluding hydrogens is 337 g/mol. The summed E-state index contributed by atoms with van der Waals surface area (Å²) in [7, 11) is 0. The zero-order chi connectivity index (χ0) is 17.5. The van der Waals surface area contributed by atoms with Gasteiger partial charge in [-0.1, -0.05) is 30.3 Å². The van der Waals surface area contributed by atoms with Crippen LogP contribution in [0.25, 0.3) is 11.3 Å². The average molecular weight is 353 g/mol. The molecule has 0 atom stereocenters. The third-order valence-electron chi connectivity index (χ3n) is 3.41. The van der Waals surface area contributed by atoms with Gasteiger partial charge in [0.2, 0.25) is 0 Å². The zero-order valence-electron chi connectivity index (χ0n) is 13.3. The van der Waals surface area contributed by atoms with Gasteiger partial charge in [0.15, 0.2) is 5.11 Å². The lowest BCUT2D eigenvalue weighted by Gasteiger charge is -2.06. The zero-order valence-corrected chi connectivity index (χ0v) is 14.1. The number of halogens is 1. The largest absolute Gasteiger partial charge is 0.455 e. The van der Waals surface area contributed by atoms with Crippen molar-refractivity contribution < 1.29 is 8.81 Å². The quantitative estimate of drug-likeness (QED) is 0.412. The predicted molar refractivity (Wildman–Crippen MR) is 101 cm³/mol. The van der Waals surface area contributed by atoms with Crippen molar-refractivity contribution in [3.05, 3.63) is 83.9 Å². The highest BCUT2D eigenvalue weighted by Gasteiger charge is 2.03. The SMILES string of the molecule is Fc1ccc(-c2ccc(/C=N/NC(=S)NCc3ccccc3)o2)cc1. The second-order valence-electron chi connectivity index (χ2n) is 5.25. The molecule has 0 radical (unpaired) electrons. The van der Waals surface area contributed by atoms with Crippen LogP contribution < -0.4 is 10.7 Å². The highest BCUT2D eigenvalue weighted by molar-refractivity contribution is 7.80. The Bertz CT molecular complexity index is 860.